The minimum absolute atomic E-state index is 0. The van der Waals surface area contributed by atoms with Crippen LogP contribution in [0.15, 0.2) is 54.6 Å². The van der Waals surface area contributed by atoms with Crippen LogP contribution in [0, 0.1) is 0 Å². The predicted octanol–water partition coefficient (Wildman–Crippen LogP) is 5.15. The summed E-state index contributed by atoms with van der Waals surface area (Å²) in [6.07, 6.45) is 5.13. The molecule has 3 atom stereocenters. The fourth-order valence-corrected chi connectivity index (χ4v) is 4.05. The zero-order valence-electron chi connectivity index (χ0n) is 13.5. The van der Waals surface area contributed by atoms with E-state index in [1.807, 2.05) is 18.2 Å². The van der Waals surface area contributed by atoms with Crippen LogP contribution in [-0.2, 0) is 4.74 Å². The lowest BCUT2D eigenvalue weighted by molar-refractivity contribution is -0.0181. The molecule has 3 unspecified atom stereocenters. The largest absolute Gasteiger partial charge is 0.365 e. The topological polar surface area (TPSA) is 21.3 Å². The zero-order valence-corrected chi connectivity index (χ0v) is 15.1. The van der Waals surface area contributed by atoms with Crippen LogP contribution in [-0.4, -0.2) is 18.2 Å². The number of nitrogens with one attached hydrogen (secondary N) is 1. The molecule has 24 heavy (non-hydrogen) atoms. The Kier molecular flexibility index (Phi) is 5.83. The smallest absolute Gasteiger partial charge is 0.108 e. The van der Waals surface area contributed by atoms with Crippen molar-refractivity contribution in [1.82, 2.24) is 5.32 Å². The van der Waals surface area contributed by atoms with Crippen molar-refractivity contribution in [1.29, 1.82) is 0 Å². The van der Waals surface area contributed by atoms with Crippen molar-refractivity contribution < 1.29 is 4.74 Å². The fourth-order valence-electron chi connectivity index (χ4n) is 3.92. The van der Waals surface area contributed by atoms with Crippen LogP contribution in [0.25, 0.3) is 0 Å². The molecule has 2 aromatic carbocycles. The van der Waals surface area contributed by atoms with Gasteiger partial charge in [-0.1, -0.05) is 54.1 Å². The average Bonchev–Trinajstić information content (AvgIpc) is 2.93. The van der Waals surface area contributed by atoms with E-state index < -0.39 is 0 Å². The molecule has 2 fully saturated rings. The van der Waals surface area contributed by atoms with Crippen molar-refractivity contribution in [2.24, 2.45) is 0 Å². The van der Waals surface area contributed by atoms with Crippen molar-refractivity contribution in [2.45, 2.75) is 50.0 Å². The summed E-state index contributed by atoms with van der Waals surface area (Å²) < 4.78 is 6.60. The molecule has 2 aliphatic heterocycles. The molecule has 1 N–H and O–H groups in total. The number of halogens is 2. The summed E-state index contributed by atoms with van der Waals surface area (Å²) in [4.78, 5) is 0. The lowest BCUT2D eigenvalue weighted by Crippen LogP contribution is -2.41. The summed E-state index contributed by atoms with van der Waals surface area (Å²) in [5.74, 6) is 0. The molecule has 4 heteroatoms. The molecule has 2 aromatic rings. The molecule has 2 heterocycles. The highest BCUT2D eigenvalue weighted by Crippen LogP contribution is 2.34. The van der Waals surface area contributed by atoms with Gasteiger partial charge in [0.05, 0.1) is 6.10 Å². The van der Waals surface area contributed by atoms with Crippen LogP contribution in [0.4, 0.5) is 0 Å². The Labute approximate surface area is 155 Å². The van der Waals surface area contributed by atoms with E-state index in [9.17, 15) is 0 Å². The number of benzene rings is 2. The van der Waals surface area contributed by atoms with Gasteiger partial charge in [-0.15, -0.1) is 12.4 Å². The normalized spacial score (nSPS) is 26.6. The van der Waals surface area contributed by atoms with Crippen LogP contribution in [0.1, 0.15) is 42.9 Å². The molecular weight excluding hydrogens is 341 g/mol. The van der Waals surface area contributed by atoms with Gasteiger partial charge in [-0.3, -0.25) is 0 Å². The summed E-state index contributed by atoms with van der Waals surface area (Å²) in [5, 5.41) is 4.45. The molecule has 0 aliphatic carbocycles. The Morgan fingerprint density at radius 1 is 0.875 bits per heavy atom. The Balaban J connectivity index is 0.00000169. The van der Waals surface area contributed by atoms with E-state index in [1.54, 1.807) is 0 Å². The van der Waals surface area contributed by atoms with Crippen LogP contribution < -0.4 is 5.32 Å². The highest BCUT2D eigenvalue weighted by Gasteiger charge is 2.35. The lowest BCUT2D eigenvalue weighted by Gasteiger charge is -2.32. The van der Waals surface area contributed by atoms with Crippen molar-refractivity contribution >= 4 is 24.0 Å². The van der Waals surface area contributed by atoms with E-state index in [0.29, 0.717) is 18.2 Å². The van der Waals surface area contributed by atoms with E-state index in [-0.39, 0.29) is 18.5 Å². The number of ether oxygens (including phenoxy) is 1. The Bertz CT molecular complexity index is 634. The van der Waals surface area contributed by atoms with Crippen LogP contribution in [0.3, 0.4) is 0 Å². The third kappa shape index (κ3) is 3.94. The van der Waals surface area contributed by atoms with Gasteiger partial charge in [-0.25, -0.2) is 0 Å². The van der Waals surface area contributed by atoms with Crippen LogP contribution in [0.5, 0.6) is 0 Å². The van der Waals surface area contributed by atoms with Gasteiger partial charge >= 0.3 is 0 Å². The number of hydrogen-bond donors (Lipinski definition) is 1. The molecule has 0 saturated carbocycles. The van der Waals surface area contributed by atoms with Crippen molar-refractivity contribution in [2.75, 3.05) is 0 Å². The quantitative estimate of drug-likeness (QED) is 0.810. The monoisotopic (exact) mass is 363 g/mol. The van der Waals surface area contributed by atoms with Crippen molar-refractivity contribution in [3.8, 4) is 0 Å². The maximum absolute atomic E-state index is 6.60. The van der Waals surface area contributed by atoms with Gasteiger partial charge < -0.3 is 10.1 Å². The second-order valence-electron chi connectivity index (χ2n) is 6.71. The first-order valence-electron chi connectivity index (χ1n) is 8.50. The molecular formula is C20H23Cl2NO. The predicted molar refractivity (Wildman–Crippen MR) is 101 cm³/mol. The zero-order chi connectivity index (χ0) is 15.6. The summed E-state index contributed by atoms with van der Waals surface area (Å²) >= 11 is 6.05. The average molecular weight is 364 g/mol. The number of fused-ring (bicyclic) bond motifs is 2. The molecule has 2 bridgehead atoms. The van der Waals surface area contributed by atoms with Crippen molar-refractivity contribution in [3.05, 3.63) is 70.7 Å². The highest BCUT2D eigenvalue weighted by molar-refractivity contribution is 6.30. The third-order valence-corrected chi connectivity index (χ3v) is 5.29. The number of rotatable bonds is 4. The Hall–Kier alpha value is -1.06. The minimum Gasteiger partial charge on any atom is -0.365 e. The minimum atomic E-state index is -0.0176. The molecule has 2 saturated heterocycles. The molecule has 0 aromatic heterocycles. The molecule has 0 spiro atoms. The van der Waals surface area contributed by atoms with E-state index in [0.717, 1.165) is 17.9 Å². The fraction of sp³-hybridized carbons (Fsp3) is 0.400. The Morgan fingerprint density at radius 3 is 2.08 bits per heavy atom. The SMILES string of the molecule is Cl.Clc1ccc(C(OC2CC3CCC(C2)N3)c2ccccc2)cc1. The summed E-state index contributed by atoms with van der Waals surface area (Å²) in [7, 11) is 0. The first kappa shape index (κ1) is 17.8. The maximum atomic E-state index is 6.60. The molecule has 2 aliphatic rings. The lowest BCUT2D eigenvalue weighted by atomic mass is 9.98. The third-order valence-electron chi connectivity index (χ3n) is 5.03. The summed E-state index contributed by atoms with van der Waals surface area (Å²) in [6, 6.07) is 19.8. The Morgan fingerprint density at radius 2 is 1.46 bits per heavy atom. The van der Waals surface area contributed by atoms with E-state index in [2.05, 4.69) is 41.7 Å². The molecule has 0 amide bonds. The van der Waals surface area contributed by atoms with Crippen LogP contribution in [0.2, 0.25) is 5.02 Å². The van der Waals surface area contributed by atoms with Gasteiger partial charge in [0.1, 0.15) is 6.10 Å². The van der Waals surface area contributed by atoms with Crippen molar-refractivity contribution in [3.63, 3.8) is 0 Å². The highest BCUT2D eigenvalue weighted by atomic mass is 35.5. The first-order valence-corrected chi connectivity index (χ1v) is 8.87. The van der Waals surface area contributed by atoms with Gasteiger partial charge in [0.25, 0.3) is 0 Å². The van der Waals surface area contributed by atoms with Gasteiger partial charge in [-0.05, 0) is 48.9 Å². The molecule has 0 radical (unpaired) electrons. The van der Waals surface area contributed by atoms with Gasteiger partial charge in [0, 0.05) is 17.1 Å². The van der Waals surface area contributed by atoms with Gasteiger partial charge in [0.2, 0.25) is 0 Å². The first-order chi connectivity index (χ1) is 11.3. The standard InChI is InChI=1S/C20H22ClNO.ClH/c21-16-8-6-15(7-9-16)20(14-4-2-1-3-5-14)23-19-12-17-10-11-18(13-19)22-17;/h1-9,17-20,22H,10-13H2;1H. The summed E-state index contributed by atoms with van der Waals surface area (Å²) in [5.41, 5.74) is 2.38. The maximum Gasteiger partial charge on any atom is 0.108 e. The second kappa shape index (κ2) is 7.88. The van der Waals surface area contributed by atoms with E-state index in [1.165, 1.54) is 24.0 Å². The summed E-state index contributed by atoms with van der Waals surface area (Å²) in [6.45, 7) is 0. The van der Waals surface area contributed by atoms with Gasteiger partial charge in [0.15, 0.2) is 0 Å². The number of piperidine rings is 1. The molecule has 128 valence electrons. The number of hydrogen-bond acceptors (Lipinski definition) is 2. The molecule has 2 nitrogen and oxygen atoms in total. The van der Waals surface area contributed by atoms with E-state index in [4.69, 9.17) is 16.3 Å². The van der Waals surface area contributed by atoms with Crippen LogP contribution >= 0.6 is 24.0 Å². The van der Waals surface area contributed by atoms with Gasteiger partial charge in [-0.2, -0.15) is 0 Å². The second-order valence-corrected chi connectivity index (χ2v) is 7.15. The van der Waals surface area contributed by atoms with E-state index >= 15 is 0 Å². The molecule has 4 rings (SSSR count).